The van der Waals surface area contributed by atoms with Gasteiger partial charge in [0.15, 0.2) is 5.82 Å². The molecule has 2 aromatic carbocycles. The fourth-order valence-electron chi connectivity index (χ4n) is 3.24. The topological polar surface area (TPSA) is 42.2 Å². The van der Waals surface area contributed by atoms with E-state index in [0.29, 0.717) is 10.0 Å². The molecule has 4 rings (SSSR count). The van der Waals surface area contributed by atoms with E-state index in [-0.39, 0.29) is 0 Å². The molecule has 126 valence electrons. The van der Waals surface area contributed by atoms with Gasteiger partial charge in [0.1, 0.15) is 5.52 Å². The number of nitrogens with one attached hydrogen (secondary N) is 1. The smallest absolute Gasteiger partial charge is 0.157 e. The largest absolute Gasteiger partial charge is 0.338 e. The number of anilines is 2. The Morgan fingerprint density at radius 2 is 1.60 bits per heavy atom. The zero-order chi connectivity index (χ0) is 17.7. The van der Waals surface area contributed by atoms with Crippen LogP contribution < -0.4 is 5.32 Å². The van der Waals surface area contributed by atoms with Gasteiger partial charge in [-0.25, -0.2) is 9.97 Å². The Balaban J connectivity index is 1.95. The summed E-state index contributed by atoms with van der Waals surface area (Å²) in [5.74, 6) is 0.735. The molecule has 0 saturated heterocycles. The summed E-state index contributed by atoms with van der Waals surface area (Å²) < 4.78 is 1.96. The van der Waals surface area contributed by atoms with E-state index in [9.17, 15) is 0 Å². The lowest BCUT2D eigenvalue weighted by molar-refractivity contribution is 1.18. The Labute approximate surface area is 155 Å². The molecule has 2 heterocycles. The highest BCUT2D eigenvalue weighted by Crippen LogP contribution is 2.32. The maximum Gasteiger partial charge on any atom is 0.157 e. The van der Waals surface area contributed by atoms with Crippen LogP contribution in [0, 0.1) is 20.8 Å². The first-order chi connectivity index (χ1) is 11.9. The summed E-state index contributed by atoms with van der Waals surface area (Å²) in [6.07, 6.45) is 3.54. The van der Waals surface area contributed by atoms with Gasteiger partial charge in [0.05, 0.1) is 33.6 Å². The third-order valence-electron chi connectivity index (χ3n) is 4.31. The second kappa shape index (κ2) is 5.90. The summed E-state index contributed by atoms with van der Waals surface area (Å²) >= 11 is 12.3. The number of imidazole rings is 1. The first-order valence-electron chi connectivity index (χ1n) is 7.90. The predicted octanol–water partition coefficient (Wildman–Crippen LogP) is 5.86. The first-order valence-corrected chi connectivity index (χ1v) is 8.65. The number of nitrogens with zero attached hydrogens (tertiary/aromatic N) is 3. The van der Waals surface area contributed by atoms with Crippen LogP contribution in [-0.2, 0) is 0 Å². The van der Waals surface area contributed by atoms with Crippen LogP contribution >= 0.6 is 23.2 Å². The zero-order valence-electron chi connectivity index (χ0n) is 14.1. The number of fused-ring (bicyclic) bond motifs is 3. The van der Waals surface area contributed by atoms with E-state index in [0.717, 1.165) is 28.1 Å². The Bertz CT molecular complexity index is 1110. The van der Waals surface area contributed by atoms with Crippen molar-refractivity contribution in [3.05, 3.63) is 63.5 Å². The summed E-state index contributed by atoms with van der Waals surface area (Å²) in [4.78, 5) is 9.03. The van der Waals surface area contributed by atoms with Crippen LogP contribution in [0.1, 0.15) is 16.7 Å². The lowest BCUT2D eigenvalue weighted by Gasteiger charge is -2.15. The highest BCUT2D eigenvalue weighted by atomic mass is 35.5. The first kappa shape index (κ1) is 16.2. The SMILES string of the molecule is Cc1cc(C)c(Nc2nc3cc(Cl)c(Cl)cc3n3cncc23)c(C)c1. The summed E-state index contributed by atoms with van der Waals surface area (Å²) in [7, 11) is 0. The summed E-state index contributed by atoms with van der Waals surface area (Å²) in [5, 5.41) is 4.45. The molecule has 0 atom stereocenters. The van der Waals surface area contributed by atoms with Gasteiger partial charge >= 0.3 is 0 Å². The molecular weight excluding hydrogens is 355 g/mol. The van der Waals surface area contributed by atoms with Crippen LogP contribution in [0.5, 0.6) is 0 Å². The molecule has 0 fully saturated rings. The number of halogens is 2. The van der Waals surface area contributed by atoms with Crippen molar-refractivity contribution < 1.29 is 0 Å². The molecule has 0 spiro atoms. The Kier molecular flexibility index (Phi) is 3.82. The normalized spacial score (nSPS) is 11.4. The van der Waals surface area contributed by atoms with Crippen LogP contribution in [0.3, 0.4) is 0 Å². The molecule has 0 saturated carbocycles. The van der Waals surface area contributed by atoms with E-state index < -0.39 is 0 Å². The molecule has 25 heavy (non-hydrogen) atoms. The maximum absolute atomic E-state index is 6.18. The number of aryl methyl sites for hydroxylation is 3. The number of rotatable bonds is 2. The number of hydrogen-bond acceptors (Lipinski definition) is 3. The fourth-order valence-corrected chi connectivity index (χ4v) is 3.55. The van der Waals surface area contributed by atoms with Gasteiger partial charge in [0.25, 0.3) is 0 Å². The lowest BCUT2D eigenvalue weighted by atomic mass is 10.1. The van der Waals surface area contributed by atoms with Crippen molar-refractivity contribution in [1.29, 1.82) is 0 Å². The van der Waals surface area contributed by atoms with Crippen molar-refractivity contribution in [2.45, 2.75) is 20.8 Å². The summed E-state index contributed by atoms with van der Waals surface area (Å²) in [5.41, 5.74) is 7.14. The van der Waals surface area contributed by atoms with E-state index in [1.165, 1.54) is 16.7 Å². The second-order valence-electron chi connectivity index (χ2n) is 6.26. The average Bonchev–Trinajstić information content (AvgIpc) is 3.02. The van der Waals surface area contributed by atoms with Crippen molar-refractivity contribution in [3.8, 4) is 0 Å². The number of aromatic nitrogens is 3. The van der Waals surface area contributed by atoms with Gasteiger partial charge in [-0.15, -0.1) is 0 Å². The van der Waals surface area contributed by atoms with Gasteiger partial charge < -0.3 is 5.32 Å². The van der Waals surface area contributed by atoms with Crippen LogP contribution in [-0.4, -0.2) is 14.4 Å². The molecule has 0 bridgehead atoms. The quantitative estimate of drug-likeness (QED) is 0.480. The monoisotopic (exact) mass is 370 g/mol. The van der Waals surface area contributed by atoms with Gasteiger partial charge in [0.2, 0.25) is 0 Å². The zero-order valence-corrected chi connectivity index (χ0v) is 15.6. The minimum atomic E-state index is 0.481. The predicted molar refractivity (Wildman–Crippen MR) is 104 cm³/mol. The lowest BCUT2D eigenvalue weighted by Crippen LogP contribution is -2.02. The molecule has 1 N–H and O–H groups in total. The van der Waals surface area contributed by atoms with Gasteiger partial charge in [-0.3, -0.25) is 4.40 Å². The molecular formula is C19H16Cl2N4. The van der Waals surface area contributed by atoms with E-state index in [1.807, 2.05) is 10.5 Å². The molecule has 0 aliphatic carbocycles. The van der Waals surface area contributed by atoms with Crippen LogP contribution in [0.15, 0.2) is 36.8 Å². The van der Waals surface area contributed by atoms with Crippen molar-refractivity contribution in [3.63, 3.8) is 0 Å². The van der Waals surface area contributed by atoms with E-state index >= 15 is 0 Å². The fraction of sp³-hybridized carbons (Fsp3) is 0.158. The number of hydrogen-bond donors (Lipinski definition) is 1. The molecule has 6 heteroatoms. The Hall–Kier alpha value is -2.30. The average molecular weight is 371 g/mol. The highest BCUT2D eigenvalue weighted by molar-refractivity contribution is 6.42. The maximum atomic E-state index is 6.18. The Morgan fingerprint density at radius 3 is 2.32 bits per heavy atom. The Morgan fingerprint density at radius 1 is 0.920 bits per heavy atom. The third kappa shape index (κ3) is 2.71. The minimum absolute atomic E-state index is 0.481. The molecule has 0 radical (unpaired) electrons. The molecule has 0 unspecified atom stereocenters. The molecule has 0 aliphatic heterocycles. The third-order valence-corrected chi connectivity index (χ3v) is 5.03. The molecule has 4 nitrogen and oxygen atoms in total. The summed E-state index contributed by atoms with van der Waals surface area (Å²) in [6.45, 7) is 6.28. The van der Waals surface area contributed by atoms with Crippen molar-refractivity contribution in [1.82, 2.24) is 14.4 Å². The van der Waals surface area contributed by atoms with Crippen LogP contribution in [0.25, 0.3) is 16.6 Å². The van der Waals surface area contributed by atoms with Gasteiger partial charge in [-0.05, 0) is 44.0 Å². The van der Waals surface area contributed by atoms with Gasteiger partial charge in [-0.2, -0.15) is 0 Å². The van der Waals surface area contributed by atoms with E-state index in [4.69, 9.17) is 28.2 Å². The molecule has 2 aromatic heterocycles. The van der Waals surface area contributed by atoms with Crippen molar-refractivity contribution in [2.24, 2.45) is 0 Å². The van der Waals surface area contributed by atoms with Crippen LogP contribution in [0.4, 0.5) is 11.5 Å². The number of benzene rings is 2. The van der Waals surface area contributed by atoms with Gasteiger partial charge in [-0.1, -0.05) is 40.9 Å². The van der Waals surface area contributed by atoms with E-state index in [1.54, 1.807) is 18.6 Å². The molecule has 4 aromatic rings. The summed E-state index contributed by atoms with van der Waals surface area (Å²) in [6, 6.07) is 7.90. The van der Waals surface area contributed by atoms with Crippen LogP contribution in [0.2, 0.25) is 10.0 Å². The molecule has 0 amide bonds. The van der Waals surface area contributed by atoms with E-state index in [2.05, 4.69) is 43.2 Å². The second-order valence-corrected chi connectivity index (χ2v) is 7.08. The standard InChI is InChI=1S/C19H16Cl2N4/c1-10-4-11(2)18(12(3)5-10)24-19-17-8-22-9-25(17)16-7-14(21)13(20)6-15(16)23-19/h4-9H,1-3H3,(H,23,24). The molecule has 0 aliphatic rings. The minimum Gasteiger partial charge on any atom is -0.338 e. The van der Waals surface area contributed by atoms with Crippen molar-refractivity contribution in [2.75, 3.05) is 5.32 Å². The van der Waals surface area contributed by atoms with Crippen molar-refractivity contribution >= 4 is 51.3 Å². The van der Waals surface area contributed by atoms with Gasteiger partial charge in [0, 0.05) is 5.69 Å². The highest BCUT2D eigenvalue weighted by Gasteiger charge is 2.13.